The molecule has 0 fully saturated rings. The molecule has 1 rings (SSSR count). The molecule has 0 aromatic heterocycles. The molecule has 0 bridgehead atoms. The van der Waals surface area contributed by atoms with Gasteiger partial charge in [-0.3, -0.25) is 4.79 Å². The molecule has 0 aliphatic heterocycles. The van der Waals surface area contributed by atoms with Crippen LogP contribution in [0.5, 0.6) is 5.75 Å². The summed E-state index contributed by atoms with van der Waals surface area (Å²) in [7, 11) is 0. The Kier molecular flexibility index (Phi) is 6.36. The molecule has 0 heterocycles. The zero-order valence-corrected chi connectivity index (χ0v) is 11.8. The molecule has 3 N–H and O–H groups in total. The van der Waals surface area contributed by atoms with E-state index in [4.69, 9.17) is 15.2 Å². The lowest BCUT2D eigenvalue weighted by Crippen LogP contribution is -2.24. The molecule has 1 aromatic rings. The van der Waals surface area contributed by atoms with Crippen molar-refractivity contribution in [2.24, 2.45) is 0 Å². The minimum absolute atomic E-state index is 0.00453. The van der Waals surface area contributed by atoms with E-state index in [9.17, 15) is 9.59 Å². The largest absolute Gasteiger partial charge is 0.493 e. The van der Waals surface area contributed by atoms with Gasteiger partial charge in [0.15, 0.2) is 0 Å². The molecule has 0 spiro atoms. The van der Waals surface area contributed by atoms with E-state index in [-0.39, 0.29) is 24.5 Å². The first kappa shape index (κ1) is 15.8. The monoisotopic (exact) mass is 280 g/mol. The van der Waals surface area contributed by atoms with Crippen LogP contribution in [0.1, 0.15) is 30.6 Å². The SMILES string of the molecule is CCNC(=O)CCOC(=O)c1c(N)cccc1OCC. The summed E-state index contributed by atoms with van der Waals surface area (Å²) in [6.45, 7) is 4.61. The number of hydrogen-bond acceptors (Lipinski definition) is 5. The van der Waals surface area contributed by atoms with Crippen LogP contribution in [0.2, 0.25) is 0 Å². The van der Waals surface area contributed by atoms with E-state index < -0.39 is 5.97 Å². The van der Waals surface area contributed by atoms with Crippen molar-refractivity contribution in [3.63, 3.8) is 0 Å². The number of rotatable bonds is 7. The minimum atomic E-state index is -0.587. The third-order valence-electron chi connectivity index (χ3n) is 2.50. The van der Waals surface area contributed by atoms with Gasteiger partial charge in [-0.05, 0) is 26.0 Å². The summed E-state index contributed by atoms with van der Waals surface area (Å²) in [5, 5.41) is 2.62. The number of carbonyl (C=O) groups is 2. The van der Waals surface area contributed by atoms with Crippen LogP contribution < -0.4 is 15.8 Å². The van der Waals surface area contributed by atoms with Crippen LogP contribution >= 0.6 is 0 Å². The molecule has 1 amide bonds. The van der Waals surface area contributed by atoms with Crippen LogP contribution in [0.25, 0.3) is 0 Å². The van der Waals surface area contributed by atoms with E-state index in [1.165, 1.54) is 0 Å². The molecule has 0 aliphatic rings. The molecule has 0 unspecified atom stereocenters. The van der Waals surface area contributed by atoms with Crippen molar-refractivity contribution < 1.29 is 19.1 Å². The Balaban J connectivity index is 2.65. The summed E-state index contributed by atoms with van der Waals surface area (Å²) in [5.41, 5.74) is 6.26. The van der Waals surface area contributed by atoms with E-state index in [0.717, 1.165) is 0 Å². The average molecular weight is 280 g/mol. The number of benzene rings is 1. The Morgan fingerprint density at radius 3 is 2.70 bits per heavy atom. The van der Waals surface area contributed by atoms with Gasteiger partial charge in [-0.15, -0.1) is 0 Å². The molecule has 0 atom stereocenters. The average Bonchev–Trinajstić information content (AvgIpc) is 2.39. The Morgan fingerprint density at radius 1 is 1.30 bits per heavy atom. The molecule has 0 saturated heterocycles. The van der Waals surface area contributed by atoms with Gasteiger partial charge in [0.25, 0.3) is 0 Å². The highest BCUT2D eigenvalue weighted by Crippen LogP contribution is 2.25. The Bertz CT molecular complexity index is 474. The molecule has 0 aliphatic carbocycles. The van der Waals surface area contributed by atoms with Crippen molar-refractivity contribution in [3.8, 4) is 5.75 Å². The van der Waals surface area contributed by atoms with Gasteiger partial charge in [0.05, 0.1) is 13.0 Å². The van der Waals surface area contributed by atoms with Crippen molar-refractivity contribution in [2.75, 3.05) is 25.5 Å². The molecule has 6 heteroatoms. The van der Waals surface area contributed by atoms with Gasteiger partial charge < -0.3 is 20.5 Å². The lowest BCUT2D eigenvalue weighted by atomic mass is 10.1. The lowest BCUT2D eigenvalue weighted by Gasteiger charge is -2.12. The number of amides is 1. The summed E-state index contributed by atoms with van der Waals surface area (Å²) < 4.78 is 10.4. The summed E-state index contributed by atoms with van der Waals surface area (Å²) in [4.78, 5) is 23.2. The number of nitrogens with two attached hydrogens (primary N) is 1. The van der Waals surface area contributed by atoms with E-state index >= 15 is 0 Å². The second kappa shape index (κ2) is 8.04. The second-order valence-corrected chi connectivity index (χ2v) is 3.99. The molecular weight excluding hydrogens is 260 g/mol. The van der Waals surface area contributed by atoms with Crippen LogP contribution in [0.4, 0.5) is 5.69 Å². The number of ether oxygens (including phenoxy) is 2. The summed E-state index contributed by atoms with van der Waals surface area (Å²) in [6, 6.07) is 4.95. The predicted octanol–water partition coefficient (Wildman–Crippen LogP) is 1.35. The van der Waals surface area contributed by atoms with Crippen molar-refractivity contribution in [3.05, 3.63) is 23.8 Å². The fourth-order valence-electron chi connectivity index (χ4n) is 1.64. The van der Waals surface area contributed by atoms with Crippen LogP contribution in [-0.4, -0.2) is 31.6 Å². The van der Waals surface area contributed by atoms with E-state index in [1.54, 1.807) is 18.2 Å². The van der Waals surface area contributed by atoms with Gasteiger partial charge in [0.1, 0.15) is 17.9 Å². The molecule has 6 nitrogen and oxygen atoms in total. The van der Waals surface area contributed by atoms with Crippen LogP contribution in [0, 0.1) is 0 Å². The summed E-state index contributed by atoms with van der Waals surface area (Å²) in [5.74, 6) is -0.363. The first-order chi connectivity index (χ1) is 9.60. The Morgan fingerprint density at radius 2 is 2.05 bits per heavy atom. The second-order valence-electron chi connectivity index (χ2n) is 3.99. The third kappa shape index (κ3) is 4.46. The molecule has 0 saturated carbocycles. The minimum Gasteiger partial charge on any atom is -0.493 e. The standard InChI is InChI=1S/C14H20N2O4/c1-3-16-12(17)8-9-20-14(18)13-10(15)6-5-7-11(13)19-4-2/h5-7H,3-4,8-9,15H2,1-2H3,(H,16,17). The lowest BCUT2D eigenvalue weighted by molar-refractivity contribution is -0.121. The fraction of sp³-hybridized carbons (Fsp3) is 0.429. The van der Waals surface area contributed by atoms with Gasteiger partial charge >= 0.3 is 5.97 Å². The molecule has 20 heavy (non-hydrogen) atoms. The van der Waals surface area contributed by atoms with Gasteiger partial charge in [-0.1, -0.05) is 6.07 Å². The van der Waals surface area contributed by atoms with E-state index in [2.05, 4.69) is 5.32 Å². The quantitative estimate of drug-likeness (QED) is 0.581. The smallest absolute Gasteiger partial charge is 0.344 e. The Labute approximate surface area is 118 Å². The van der Waals surface area contributed by atoms with Crippen LogP contribution in [0.3, 0.4) is 0 Å². The third-order valence-corrected chi connectivity index (χ3v) is 2.50. The molecule has 0 radical (unpaired) electrons. The van der Waals surface area contributed by atoms with Gasteiger partial charge in [-0.25, -0.2) is 4.79 Å². The zero-order valence-electron chi connectivity index (χ0n) is 11.8. The molecule has 110 valence electrons. The number of hydrogen-bond donors (Lipinski definition) is 2. The fourth-order valence-corrected chi connectivity index (χ4v) is 1.64. The summed E-state index contributed by atoms with van der Waals surface area (Å²) in [6.07, 6.45) is 0.121. The van der Waals surface area contributed by atoms with E-state index in [0.29, 0.717) is 24.6 Å². The molecule has 1 aromatic carbocycles. The highest BCUT2D eigenvalue weighted by Gasteiger charge is 2.17. The molecular formula is C14H20N2O4. The number of esters is 1. The van der Waals surface area contributed by atoms with Crippen molar-refractivity contribution >= 4 is 17.6 Å². The van der Waals surface area contributed by atoms with Gasteiger partial charge in [0.2, 0.25) is 5.91 Å². The van der Waals surface area contributed by atoms with Crippen LogP contribution in [0.15, 0.2) is 18.2 Å². The highest BCUT2D eigenvalue weighted by molar-refractivity contribution is 5.98. The first-order valence-electron chi connectivity index (χ1n) is 6.55. The maximum Gasteiger partial charge on any atom is 0.344 e. The van der Waals surface area contributed by atoms with Crippen molar-refractivity contribution in [1.29, 1.82) is 0 Å². The van der Waals surface area contributed by atoms with Crippen molar-refractivity contribution in [1.82, 2.24) is 5.32 Å². The number of carbonyl (C=O) groups excluding carboxylic acids is 2. The zero-order chi connectivity index (χ0) is 15.0. The predicted molar refractivity (Wildman–Crippen MR) is 75.6 cm³/mol. The van der Waals surface area contributed by atoms with Crippen LogP contribution in [-0.2, 0) is 9.53 Å². The van der Waals surface area contributed by atoms with Gasteiger partial charge in [0, 0.05) is 12.2 Å². The maximum atomic E-state index is 12.0. The van der Waals surface area contributed by atoms with Crippen molar-refractivity contribution in [2.45, 2.75) is 20.3 Å². The number of anilines is 1. The number of nitrogen functional groups attached to an aromatic ring is 1. The van der Waals surface area contributed by atoms with E-state index in [1.807, 2.05) is 13.8 Å². The Hall–Kier alpha value is -2.24. The van der Waals surface area contributed by atoms with Gasteiger partial charge in [-0.2, -0.15) is 0 Å². The topological polar surface area (TPSA) is 90.7 Å². The maximum absolute atomic E-state index is 12.0. The highest BCUT2D eigenvalue weighted by atomic mass is 16.5. The normalized spacial score (nSPS) is 9.90. The number of nitrogens with one attached hydrogen (secondary N) is 1. The first-order valence-corrected chi connectivity index (χ1v) is 6.55. The summed E-state index contributed by atoms with van der Waals surface area (Å²) >= 11 is 0.